The first-order valence-corrected chi connectivity index (χ1v) is 11.6. The molecule has 0 radical (unpaired) electrons. The number of fused-ring (bicyclic) bond motifs is 1. The van der Waals surface area contributed by atoms with Gasteiger partial charge >= 0.3 is 0 Å². The van der Waals surface area contributed by atoms with Crippen LogP contribution < -0.4 is 0 Å². The summed E-state index contributed by atoms with van der Waals surface area (Å²) >= 11 is 1.55. The predicted octanol–water partition coefficient (Wildman–Crippen LogP) is 4.44. The van der Waals surface area contributed by atoms with Gasteiger partial charge in [0.1, 0.15) is 12.4 Å². The van der Waals surface area contributed by atoms with Crippen molar-refractivity contribution in [2.45, 2.75) is 13.0 Å². The van der Waals surface area contributed by atoms with Crippen LogP contribution in [0.4, 0.5) is 4.39 Å². The molecule has 0 aliphatic carbocycles. The normalized spacial score (nSPS) is 11.2. The van der Waals surface area contributed by atoms with E-state index in [-0.39, 0.29) is 18.3 Å². The Morgan fingerprint density at radius 3 is 2.67 bits per heavy atom. The van der Waals surface area contributed by atoms with Crippen molar-refractivity contribution in [3.8, 4) is 11.3 Å². The number of methoxy groups -OCH3 is 1. The number of ether oxygens (including phenoxy) is 2. The maximum atomic E-state index is 13.2. The minimum Gasteiger partial charge on any atom is -0.383 e. The molecule has 0 spiro atoms. The molecule has 0 fully saturated rings. The lowest BCUT2D eigenvalue weighted by Crippen LogP contribution is -2.38. The van der Waals surface area contributed by atoms with Gasteiger partial charge < -0.3 is 14.4 Å². The predicted molar refractivity (Wildman–Crippen MR) is 127 cm³/mol. The standard InChI is InChI=1S/C25H26FN3O3S/c1-31-14-13-28(24(30)17-32-16-19-5-3-2-4-6-19)12-11-22-18-33-25-27-23(15-29(22)25)20-7-9-21(26)10-8-20/h2-10,15,18H,11-14,16-17H2,1H3. The quantitative estimate of drug-likeness (QED) is 0.327. The number of carbonyl (C=O) groups is 1. The summed E-state index contributed by atoms with van der Waals surface area (Å²) in [5.41, 5.74) is 3.76. The Balaban J connectivity index is 1.38. The molecular weight excluding hydrogens is 441 g/mol. The summed E-state index contributed by atoms with van der Waals surface area (Å²) in [6.45, 7) is 1.94. The Morgan fingerprint density at radius 1 is 1.12 bits per heavy atom. The Hall–Kier alpha value is -3.07. The van der Waals surface area contributed by atoms with E-state index in [2.05, 4.69) is 10.4 Å². The fourth-order valence-corrected chi connectivity index (χ4v) is 4.41. The number of rotatable bonds is 11. The average Bonchev–Trinajstić information content (AvgIpc) is 3.42. The first-order chi connectivity index (χ1) is 16.1. The van der Waals surface area contributed by atoms with E-state index in [4.69, 9.17) is 9.47 Å². The van der Waals surface area contributed by atoms with Gasteiger partial charge in [0.05, 0.1) is 18.9 Å². The fourth-order valence-electron chi connectivity index (χ4n) is 3.50. The number of hydrogen-bond donors (Lipinski definition) is 0. The third kappa shape index (κ3) is 6.04. The molecule has 2 aromatic heterocycles. The lowest BCUT2D eigenvalue weighted by atomic mass is 10.2. The SMILES string of the molecule is COCCN(CCc1csc2nc(-c3ccc(F)cc3)cn12)C(=O)COCc1ccccc1. The van der Waals surface area contributed by atoms with Gasteiger partial charge in [0.25, 0.3) is 0 Å². The van der Waals surface area contributed by atoms with E-state index in [1.165, 1.54) is 12.1 Å². The van der Waals surface area contributed by atoms with Crippen LogP contribution in [-0.2, 0) is 27.3 Å². The summed E-state index contributed by atoms with van der Waals surface area (Å²) in [5, 5.41) is 2.06. The number of carbonyl (C=O) groups excluding carboxylic acids is 1. The van der Waals surface area contributed by atoms with Crippen molar-refractivity contribution in [1.29, 1.82) is 0 Å². The molecular formula is C25H26FN3O3S. The number of amides is 1. The molecule has 0 bridgehead atoms. The molecule has 0 saturated heterocycles. The zero-order chi connectivity index (χ0) is 23.0. The third-order valence-corrected chi connectivity index (χ3v) is 6.21. The van der Waals surface area contributed by atoms with Crippen LogP contribution in [-0.4, -0.2) is 53.6 Å². The van der Waals surface area contributed by atoms with Crippen molar-refractivity contribution in [3.05, 3.63) is 83.2 Å². The molecule has 0 N–H and O–H groups in total. The Kier molecular flexibility index (Phi) is 7.83. The second kappa shape index (κ2) is 11.2. The molecule has 0 saturated carbocycles. The largest absolute Gasteiger partial charge is 0.383 e. The summed E-state index contributed by atoms with van der Waals surface area (Å²) in [4.78, 5) is 20.1. The average molecular weight is 468 g/mol. The highest BCUT2D eigenvalue weighted by atomic mass is 32.1. The summed E-state index contributed by atoms with van der Waals surface area (Å²) in [7, 11) is 1.62. The summed E-state index contributed by atoms with van der Waals surface area (Å²) in [6.07, 6.45) is 2.63. The number of halogens is 1. The van der Waals surface area contributed by atoms with Crippen LogP contribution in [0, 0.1) is 5.82 Å². The maximum absolute atomic E-state index is 13.2. The molecule has 8 heteroatoms. The van der Waals surface area contributed by atoms with Gasteiger partial charge in [-0.3, -0.25) is 9.20 Å². The van der Waals surface area contributed by atoms with Crippen LogP contribution in [0.2, 0.25) is 0 Å². The molecule has 0 aliphatic heterocycles. The lowest BCUT2D eigenvalue weighted by Gasteiger charge is -2.22. The Bertz CT molecular complexity index is 1170. The molecule has 4 aromatic rings. The van der Waals surface area contributed by atoms with Crippen LogP contribution in [0.25, 0.3) is 16.2 Å². The lowest BCUT2D eigenvalue weighted by molar-refractivity contribution is -0.137. The van der Waals surface area contributed by atoms with E-state index in [9.17, 15) is 9.18 Å². The molecule has 0 atom stereocenters. The van der Waals surface area contributed by atoms with Gasteiger partial charge in [-0.2, -0.15) is 0 Å². The van der Waals surface area contributed by atoms with Crippen LogP contribution in [0.3, 0.4) is 0 Å². The summed E-state index contributed by atoms with van der Waals surface area (Å²) < 4.78 is 26.1. The van der Waals surface area contributed by atoms with Gasteiger partial charge in [-0.05, 0) is 29.8 Å². The number of imidazole rings is 1. The first kappa shape index (κ1) is 23.1. The van der Waals surface area contributed by atoms with Crippen LogP contribution >= 0.6 is 11.3 Å². The van der Waals surface area contributed by atoms with Crippen LogP contribution in [0.5, 0.6) is 0 Å². The minimum atomic E-state index is -0.269. The molecule has 4 rings (SSSR count). The summed E-state index contributed by atoms with van der Waals surface area (Å²) in [6, 6.07) is 16.1. The molecule has 6 nitrogen and oxygen atoms in total. The third-order valence-electron chi connectivity index (χ3n) is 5.32. The van der Waals surface area contributed by atoms with E-state index in [0.717, 1.165) is 27.5 Å². The number of benzene rings is 2. The summed E-state index contributed by atoms with van der Waals surface area (Å²) in [5.74, 6) is -0.332. The van der Waals surface area contributed by atoms with Gasteiger partial charge in [-0.1, -0.05) is 30.3 Å². The van der Waals surface area contributed by atoms with Gasteiger partial charge in [0.2, 0.25) is 5.91 Å². The smallest absolute Gasteiger partial charge is 0.248 e. The Morgan fingerprint density at radius 2 is 1.91 bits per heavy atom. The van der Waals surface area contributed by atoms with Crippen molar-refractivity contribution in [1.82, 2.24) is 14.3 Å². The molecule has 172 valence electrons. The fraction of sp³-hybridized carbons (Fsp3) is 0.280. The molecule has 2 aromatic carbocycles. The van der Waals surface area contributed by atoms with E-state index in [1.54, 1.807) is 35.5 Å². The number of nitrogens with zero attached hydrogens (tertiary/aromatic N) is 3. The van der Waals surface area contributed by atoms with E-state index < -0.39 is 0 Å². The highest BCUT2D eigenvalue weighted by molar-refractivity contribution is 7.15. The van der Waals surface area contributed by atoms with E-state index >= 15 is 0 Å². The number of hydrogen-bond acceptors (Lipinski definition) is 5. The van der Waals surface area contributed by atoms with E-state index in [1.807, 2.05) is 40.9 Å². The zero-order valence-corrected chi connectivity index (χ0v) is 19.3. The van der Waals surface area contributed by atoms with E-state index in [0.29, 0.717) is 32.7 Å². The van der Waals surface area contributed by atoms with Gasteiger partial charge in [-0.25, -0.2) is 9.37 Å². The second-order valence-corrected chi connectivity index (χ2v) is 8.45. The minimum absolute atomic E-state index is 0.0252. The van der Waals surface area contributed by atoms with Crippen molar-refractivity contribution < 1.29 is 18.7 Å². The Labute approximate surface area is 196 Å². The molecule has 0 unspecified atom stereocenters. The highest BCUT2D eigenvalue weighted by Gasteiger charge is 2.16. The molecule has 2 heterocycles. The van der Waals surface area contributed by atoms with Crippen molar-refractivity contribution in [2.24, 2.45) is 0 Å². The zero-order valence-electron chi connectivity index (χ0n) is 18.4. The highest BCUT2D eigenvalue weighted by Crippen LogP contribution is 2.24. The molecule has 0 aliphatic rings. The second-order valence-electron chi connectivity index (χ2n) is 7.61. The molecule has 33 heavy (non-hydrogen) atoms. The molecule has 1 amide bonds. The van der Waals surface area contributed by atoms with Crippen molar-refractivity contribution in [3.63, 3.8) is 0 Å². The number of aromatic nitrogens is 2. The van der Waals surface area contributed by atoms with Gasteiger partial charge in [0, 0.05) is 49.5 Å². The van der Waals surface area contributed by atoms with Gasteiger partial charge in [0.15, 0.2) is 4.96 Å². The van der Waals surface area contributed by atoms with Crippen molar-refractivity contribution in [2.75, 3.05) is 33.4 Å². The van der Waals surface area contributed by atoms with Gasteiger partial charge in [-0.15, -0.1) is 11.3 Å². The van der Waals surface area contributed by atoms with Crippen LogP contribution in [0.15, 0.2) is 66.2 Å². The van der Waals surface area contributed by atoms with Crippen molar-refractivity contribution >= 4 is 22.2 Å². The number of thiazole rings is 1. The first-order valence-electron chi connectivity index (χ1n) is 10.7. The monoisotopic (exact) mass is 467 g/mol. The van der Waals surface area contributed by atoms with Crippen LogP contribution in [0.1, 0.15) is 11.3 Å². The maximum Gasteiger partial charge on any atom is 0.248 e. The topological polar surface area (TPSA) is 56.1 Å².